The molecule has 2 amide bonds. The van der Waals surface area contributed by atoms with Crippen LogP contribution in [0.4, 0.5) is 9.59 Å². The summed E-state index contributed by atoms with van der Waals surface area (Å²) < 4.78 is 16.8. The lowest BCUT2D eigenvalue weighted by Gasteiger charge is -2.33. The maximum absolute atomic E-state index is 12.7. The Labute approximate surface area is 191 Å². The second kappa shape index (κ2) is 10.6. The minimum atomic E-state index is -0.606. The molecule has 3 heterocycles. The Morgan fingerprint density at radius 2 is 2.10 bits per heavy atom. The van der Waals surface area contributed by atoms with Crippen LogP contribution >= 0.6 is 21.6 Å². The number of rotatable bonds is 6. The fourth-order valence-corrected chi connectivity index (χ4v) is 5.06. The minimum Gasteiger partial charge on any atom is -0.448 e. The molecule has 0 aliphatic carbocycles. The summed E-state index contributed by atoms with van der Waals surface area (Å²) in [6, 6.07) is 5.39. The van der Waals surface area contributed by atoms with Crippen LogP contribution < -0.4 is 0 Å². The van der Waals surface area contributed by atoms with Gasteiger partial charge in [0.05, 0.1) is 19.2 Å². The lowest BCUT2D eigenvalue weighted by Crippen LogP contribution is -2.51. The third-order valence-corrected chi connectivity index (χ3v) is 6.82. The highest BCUT2D eigenvalue weighted by atomic mass is 33.1. The average molecular weight is 468 g/mol. The van der Waals surface area contributed by atoms with Gasteiger partial charge >= 0.3 is 12.2 Å². The molecular weight excluding hydrogens is 438 g/mol. The number of likely N-dealkylation sites (tertiary alicyclic amines) is 1. The predicted octanol–water partition coefficient (Wildman–Crippen LogP) is 4.18. The maximum Gasteiger partial charge on any atom is 0.412 e. The molecular formula is C21H29N3O5S2. The number of nitrogens with zero attached hydrogens (tertiary/aromatic N) is 3. The average Bonchev–Trinajstić information content (AvgIpc) is 3.33. The molecule has 3 rings (SSSR count). The van der Waals surface area contributed by atoms with Crippen molar-refractivity contribution in [3.63, 3.8) is 0 Å². The van der Waals surface area contributed by atoms with Crippen molar-refractivity contribution in [1.29, 1.82) is 0 Å². The molecule has 10 heteroatoms. The SMILES string of the molecule is C=C1C[C@@H]([C@@H]2OCCN2C(=O)OCCSSc2ccccn2)N(C(=O)OC(C)(C)C)C1. The summed E-state index contributed by atoms with van der Waals surface area (Å²) in [6.07, 6.45) is 0.865. The summed E-state index contributed by atoms with van der Waals surface area (Å²) >= 11 is 0. The van der Waals surface area contributed by atoms with Gasteiger partial charge in [0.15, 0.2) is 6.23 Å². The summed E-state index contributed by atoms with van der Waals surface area (Å²) in [5.41, 5.74) is 0.300. The number of aromatic nitrogens is 1. The highest BCUT2D eigenvalue weighted by molar-refractivity contribution is 8.76. The van der Waals surface area contributed by atoms with E-state index in [0.29, 0.717) is 31.9 Å². The highest BCUT2D eigenvalue weighted by Crippen LogP contribution is 2.31. The maximum atomic E-state index is 12.7. The van der Waals surface area contributed by atoms with Crippen LogP contribution in [0.1, 0.15) is 27.2 Å². The first kappa shape index (κ1) is 23.7. The third kappa shape index (κ3) is 6.78. The molecule has 31 heavy (non-hydrogen) atoms. The van der Waals surface area contributed by atoms with Crippen LogP contribution in [0.3, 0.4) is 0 Å². The second-order valence-corrected chi connectivity index (χ2v) is 10.7. The molecule has 0 unspecified atom stereocenters. The molecule has 0 N–H and O–H groups in total. The lowest BCUT2D eigenvalue weighted by molar-refractivity contribution is -0.0351. The van der Waals surface area contributed by atoms with Crippen LogP contribution in [-0.2, 0) is 14.2 Å². The van der Waals surface area contributed by atoms with E-state index in [4.69, 9.17) is 14.2 Å². The molecule has 2 saturated heterocycles. The van der Waals surface area contributed by atoms with E-state index >= 15 is 0 Å². The predicted molar refractivity (Wildman–Crippen MR) is 121 cm³/mol. The van der Waals surface area contributed by atoms with Crippen LogP contribution in [0.2, 0.25) is 0 Å². The van der Waals surface area contributed by atoms with Crippen molar-refractivity contribution in [3.8, 4) is 0 Å². The standard InChI is InChI=1S/C21H29N3O5S2/c1-15-13-16(24(14-15)20(26)29-21(2,3)4)18-23(9-10-27-18)19(25)28-11-12-30-31-17-7-5-6-8-22-17/h5-8,16,18H,1,9-14H2,2-4H3/t16-,18-/m0/s1. The third-order valence-electron chi connectivity index (χ3n) is 4.59. The van der Waals surface area contributed by atoms with Crippen molar-refractivity contribution in [2.75, 3.05) is 32.1 Å². The first-order chi connectivity index (χ1) is 14.7. The zero-order valence-corrected chi connectivity index (χ0v) is 19.7. The van der Waals surface area contributed by atoms with Gasteiger partial charge in [-0.1, -0.05) is 29.0 Å². The van der Waals surface area contributed by atoms with Crippen molar-refractivity contribution in [2.24, 2.45) is 0 Å². The van der Waals surface area contributed by atoms with Crippen LogP contribution in [0.5, 0.6) is 0 Å². The topological polar surface area (TPSA) is 81.2 Å². The largest absolute Gasteiger partial charge is 0.448 e. The van der Waals surface area contributed by atoms with Gasteiger partial charge in [-0.15, -0.1) is 0 Å². The van der Waals surface area contributed by atoms with Crippen molar-refractivity contribution < 1.29 is 23.8 Å². The number of hydrogen-bond donors (Lipinski definition) is 0. The number of carbonyl (C=O) groups excluding carboxylic acids is 2. The number of amides is 2. The Kier molecular flexibility index (Phi) is 8.12. The Morgan fingerprint density at radius 3 is 2.81 bits per heavy atom. The van der Waals surface area contributed by atoms with E-state index in [1.54, 1.807) is 37.6 Å². The molecule has 1 aromatic heterocycles. The summed E-state index contributed by atoms with van der Waals surface area (Å²) in [5, 5.41) is 0.913. The number of pyridine rings is 1. The molecule has 0 aromatic carbocycles. The lowest BCUT2D eigenvalue weighted by atomic mass is 10.1. The molecule has 2 fully saturated rings. The smallest absolute Gasteiger partial charge is 0.412 e. The van der Waals surface area contributed by atoms with Gasteiger partial charge in [-0.05, 0) is 50.1 Å². The highest BCUT2D eigenvalue weighted by Gasteiger charge is 2.45. The van der Waals surface area contributed by atoms with E-state index in [-0.39, 0.29) is 12.6 Å². The zero-order chi connectivity index (χ0) is 22.4. The quantitative estimate of drug-likeness (QED) is 0.350. The van der Waals surface area contributed by atoms with Crippen molar-refractivity contribution >= 4 is 33.8 Å². The van der Waals surface area contributed by atoms with Crippen molar-refractivity contribution in [1.82, 2.24) is 14.8 Å². The van der Waals surface area contributed by atoms with Crippen LogP contribution in [-0.4, -0.2) is 76.9 Å². The molecule has 170 valence electrons. The number of ether oxygens (including phenoxy) is 3. The summed E-state index contributed by atoms with van der Waals surface area (Å²) in [7, 11) is 3.11. The molecule has 2 aliphatic rings. The monoisotopic (exact) mass is 467 g/mol. The molecule has 1 aromatic rings. The van der Waals surface area contributed by atoms with Gasteiger partial charge in [-0.25, -0.2) is 14.6 Å². The first-order valence-corrected chi connectivity index (χ1v) is 12.5. The second-order valence-electron chi connectivity index (χ2n) is 8.27. The van der Waals surface area contributed by atoms with Crippen LogP contribution in [0.15, 0.2) is 41.6 Å². The van der Waals surface area contributed by atoms with E-state index in [9.17, 15) is 9.59 Å². The fourth-order valence-electron chi connectivity index (χ4n) is 3.35. The normalized spacial score (nSPS) is 21.5. The van der Waals surface area contributed by atoms with E-state index in [0.717, 1.165) is 10.6 Å². The molecule has 0 bridgehead atoms. The summed E-state index contributed by atoms with van der Waals surface area (Å²) in [5.74, 6) is 0.636. The fraction of sp³-hybridized carbons (Fsp3) is 0.571. The van der Waals surface area contributed by atoms with E-state index in [1.807, 2.05) is 39.0 Å². The van der Waals surface area contributed by atoms with Gasteiger partial charge in [0.1, 0.15) is 17.2 Å². The van der Waals surface area contributed by atoms with Gasteiger partial charge in [-0.2, -0.15) is 0 Å². The van der Waals surface area contributed by atoms with Crippen molar-refractivity contribution in [2.45, 2.75) is 50.1 Å². The Bertz CT molecular complexity index is 787. The van der Waals surface area contributed by atoms with Gasteiger partial charge in [0.25, 0.3) is 0 Å². The van der Waals surface area contributed by atoms with Gasteiger partial charge < -0.3 is 14.2 Å². The number of hydrogen-bond acceptors (Lipinski definition) is 8. The van der Waals surface area contributed by atoms with Crippen molar-refractivity contribution in [3.05, 3.63) is 36.5 Å². The Balaban J connectivity index is 1.51. The Hall–Kier alpha value is -1.91. The first-order valence-electron chi connectivity index (χ1n) is 10.2. The van der Waals surface area contributed by atoms with Gasteiger partial charge in [-0.3, -0.25) is 9.80 Å². The molecule has 2 atom stereocenters. The summed E-state index contributed by atoms with van der Waals surface area (Å²) in [6.45, 7) is 11.0. The molecule has 0 saturated carbocycles. The Morgan fingerprint density at radius 1 is 1.29 bits per heavy atom. The molecule has 0 radical (unpaired) electrons. The van der Waals surface area contributed by atoms with Crippen LogP contribution in [0.25, 0.3) is 0 Å². The van der Waals surface area contributed by atoms with E-state index in [1.165, 1.54) is 0 Å². The number of carbonyl (C=O) groups is 2. The van der Waals surface area contributed by atoms with Gasteiger partial charge in [0, 0.05) is 18.5 Å². The van der Waals surface area contributed by atoms with E-state index in [2.05, 4.69) is 11.6 Å². The minimum absolute atomic E-state index is 0.277. The van der Waals surface area contributed by atoms with Gasteiger partial charge in [0.2, 0.25) is 0 Å². The molecule has 0 spiro atoms. The summed E-state index contributed by atoms with van der Waals surface area (Å²) in [4.78, 5) is 32.7. The molecule has 2 aliphatic heterocycles. The zero-order valence-electron chi connectivity index (χ0n) is 18.1. The molecule has 8 nitrogen and oxygen atoms in total. The van der Waals surface area contributed by atoms with E-state index < -0.39 is 24.0 Å². The van der Waals surface area contributed by atoms with Crippen LogP contribution in [0, 0.1) is 0 Å².